The van der Waals surface area contributed by atoms with Crippen molar-refractivity contribution in [2.24, 2.45) is 5.92 Å². The average Bonchev–Trinajstić information content (AvgIpc) is 3.44. The minimum absolute atomic E-state index is 0.118. The molecule has 1 fully saturated rings. The van der Waals surface area contributed by atoms with E-state index in [1.165, 1.54) is 30.3 Å². The number of rotatable bonds is 10. The van der Waals surface area contributed by atoms with Crippen molar-refractivity contribution in [2.75, 3.05) is 19.6 Å². The molecule has 0 saturated carbocycles. The standard InChI is InChI=1S/C34H33F5N4O3/c1-3-15-33(35,36)25-5-4-6-27(18-25)46-26-9-7-24(8-10-26)32(45)42-16-13-23(14-17-42)19-43-20-29-22(2)28(11-12-30(29)41-43)31(44)40-21-34(37,38)39/h3-12,18,20,23H,1,13-17,19,21H2,2H3,(H,40,44). The SMILES string of the molecule is C=CCC(F)(F)c1cccc(Oc2ccc(C(=O)N3CCC(Cn4cc5c(C)c(C(=O)NCC(F)(F)F)ccc5n4)CC3)cc2)c1. The molecule has 0 spiro atoms. The lowest BCUT2D eigenvalue weighted by Crippen LogP contribution is -2.39. The third-order valence-corrected chi connectivity index (χ3v) is 8.04. The molecule has 0 unspecified atom stereocenters. The lowest BCUT2D eigenvalue weighted by atomic mass is 9.96. The summed E-state index contributed by atoms with van der Waals surface area (Å²) in [7, 11) is 0. The van der Waals surface area contributed by atoms with E-state index in [1.807, 2.05) is 5.32 Å². The van der Waals surface area contributed by atoms with Gasteiger partial charge in [0.1, 0.15) is 18.0 Å². The van der Waals surface area contributed by atoms with Crippen LogP contribution in [0.5, 0.6) is 11.5 Å². The van der Waals surface area contributed by atoms with Crippen molar-refractivity contribution in [3.8, 4) is 11.5 Å². The molecule has 2 amide bonds. The predicted octanol–water partition coefficient (Wildman–Crippen LogP) is 7.65. The monoisotopic (exact) mass is 640 g/mol. The van der Waals surface area contributed by atoms with Crippen molar-refractivity contribution in [2.45, 2.75) is 44.8 Å². The average molecular weight is 641 g/mol. The van der Waals surface area contributed by atoms with Crippen molar-refractivity contribution < 1.29 is 36.3 Å². The number of nitrogens with one attached hydrogen (secondary N) is 1. The number of fused-ring (bicyclic) bond motifs is 1. The van der Waals surface area contributed by atoms with Crippen LogP contribution in [0.15, 0.2) is 79.5 Å². The van der Waals surface area contributed by atoms with Gasteiger partial charge in [0.25, 0.3) is 17.7 Å². The second kappa shape index (κ2) is 13.3. The van der Waals surface area contributed by atoms with E-state index in [0.29, 0.717) is 47.4 Å². The molecule has 7 nitrogen and oxygen atoms in total. The first-order chi connectivity index (χ1) is 21.8. The molecule has 3 aromatic carbocycles. The maximum absolute atomic E-state index is 14.3. The summed E-state index contributed by atoms with van der Waals surface area (Å²) in [6, 6.07) is 15.4. The van der Waals surface area contributed by atoms with Crippen molar-refractivity contribution in [1.29, 1.82) is 0 Å². The number of nitrogens with zero attached hydrogens (tertiary/aromatic N) is 3. The fraction of sp³-hybridized carbons (Fsp3) is 0.324. The molecular formula is C34H33F5N4O3. The minimum Gasteiger partial charge on any atom is -0.457 e. The molecule has 2 heterocycles. The number of hydrogen-bond donors (Lipinski definition) is 1. The molecular weight excluding hydrogens is 607 g/mol. The van der Waals surface area contributed by atoms with Crippen LogP contribution in [0, 0.1) is 12.8 Å². The largest absolute Gasteiger partial charge is 0.457 e. The van der Waals surface area contributed by atoms with Crippen LogP contribution in [0.25, 0.3) is 10.9 Å². The number of halogens is 5. The van der Waals surface area contributed by atoms with Gasteiger partial charge in [0.15, 0.2) is 0 Å². The van der Waals surface area contributed by atoms with Gasteiger partial charge in [0.05, 0.1) is 5.52 Å². The summed E-state index contributed by atoms with van der Waals surface area (Å²) < 4.78 is 73.7. The Morgan fingerprint density at radius 2 is 1.74 bits per heavy atom. The topological polar surface area (TPSA) is 76.5 Å². The van der Waals surface area contributed by atoms with Gasteiger partial charge in [-0.2, -0.15) is 18.3 Å². The molecule has 5 rings (SSSR count). The Balaban J connectivity index is 1.15. The molecule has 46 heavy (non-hydrogen) atoms. The molecule has 4 aromatic rings. The van der Waals surface area contributed by atoms with Crippen molar-refractivity contribution in [3.63, 3.8) is 0 Å². The number of amides is 2. The molecule has 0 radical (unpaired) electrons. The number of piperidine rings is 1. The highest BCUT2D eigenvalue weighted by atomic mass is 19.4. The summed E-state index contributed by atoms with van der Waals surface area (Å²) in [4.78, 5) is 27.3. The van der Waals surface area contributed by atoms with E-state index in [4.69, 9.17) is 4.74 Å². The van der Waals surface area contributed by atoms with E-state index in [1.54, 1.807) is 59.1 Å². The van der Waals surface area contributed by atoms with Gasteiger partial charge in [0.2, 0.25) is 0 Å². The van der Waals surface area contributed by atoms with Gasteiger partial charge in [-0.05, 0) is 79.8 Å². The summed E-state index contributed by atoms with van der Waals surface area (Å²) in [5, 5.41) is 7.19. The number of allylic oxidation sites excluding steroid dienone is 1. The maximum Gasteiger partial charge on any atom is 0.405 e. The Hall–Kier alpha value is -4.74. The third kappa shape index (κ3) is 7.72. The summed E-state index contributed by atoms with van der Waals surface area (Å²) >= 11 is 0. The minimum atomic E-state index is -4.50. The highest BCUT2D eigenvalue weighted by Gasteiger charge is 2.30. The molecule has 12 heteroatoms. The molecule has 1 aromatic heterocycles. The Labute approximate surface area is 262 Å². The van der Waals surface area contributed by atoms with Crippen molar-refractivity contribution >= 4 is 22.7 Å². The maximum atomic E-state index is 14.3. The van der Waals surface area contributed by atoms with Crippen LogP contribution in [-0.2, 0) is 12.5 Å². The van der Waals surface area contributed by atoms with E-state index in [-0.39, 0.29) is 28.7 Å². The first-order valence-corrected chi connectivity index (χ1v) is 14.8. The van der Waals surface area contributed by atoms with E-state index in [9.17, 15) is 31.5 Å². The molecule has 0 aliphatic carbocycles. The zero-order valence-electron chi connectivity index (χ0n) is 25.1. The second-order valence-corrected chi connectivity index (χ2v) is 11.4. The number of carbonyl (C=O) groups is 2. The van der Waals surface area contributed by atoms with E-state index in [2.05, 4.69) is 11.7 Å². The van der Waals surface area contributed by atoms with Gasteiger partial charge in [-0.1, -0.05) is 18.2 Å². The van der Waals surface area contributed by atoms with Gasteiger partial charge in [-0.15, -0.1) is 6.58 Å². The molecule has 1 aliphatic rings. The lowest BCUT2D eigenvalue weighted by molar-refractivity contribution is -0.123. The fourth-order valence-electron chi connectivity index (χ4n) is 5.55. The van der Waals surface area contributed by atoms with E-state index in [0.717, 1.165) is 12.8 Å². The molecule has 1 saturated heterocycles. The summed E-state index contributed by atoms with van der Waals surface area (Å²) in [6.07, 6.45) is -0.504. The highest BCUT2D eigenvalue weighted by molar-refractivity contribution is 6.00. The van der Waals surface area contributed by atoms with Crippen molar-refractivity contribution in [1.82, 2.24) is 20.0 Å². The second-order valence-electron chi connectivity index (χ2n) is 11.4. The van der Waals surface area contributed by atoms with Gasteiger partial charge in [0, 0.05) is 54.3 Å². The van der Waals surface area contributed by atoms with Crippen molar-refractivity contribution in [3.05, 3.63) is 102 Å². The smallest absolute Gasteiger partial charge is 0.405 e. The summed E-state index contributed by atoms with van der Waals surface area (Å²) in [5.74, 6) is -3.04. The third-order valence-electron chi connectivity index (χ3n) is 8.04. The van der Waals surface area contributed by atoms with Crippen LogP contribution in [0.4, 0.5) is 22.0 Å². The summed E-state index contributed by atoms with van der Waals surface area (Å²) in [5.41, 5.74) is 1.68. The number of alkyl halides is 5. The number of aromatic nitrogens is 2. The Morgan fingerprint density at radius 1 is 1.02 bits per heavy atom. The zero-order chi connectivity index (χ0) is 33.1. The fourth-order valence-corrected chi connectivity index (χ4v) is 5.55. The number of likely N-dealkylation sites (tertiary alicyclic amines) is 1. The van der Waals surface area contributed by atoms with Crippen LogP contribution in [0.3, 0.4) is 0 Å². The molecule has 0 atom stereocenters. The van der Waals surface area contributed by atoms with E-state index >= 15 is 0 Å². The number of aryl methyl sites for hydroxylation is 1. The molecule has 1 aliphatic heterocycles. The molecule has 0 bridgehead atoms. The Bertz CT molecular complexity index is 1730. The number of hydrogen-bond acceptors (Lipinski definition) is 4. The van der Waals surface area contributed by atoms with Gasteiger partial charge in [-0.3, -0.25) is 14.3 Å². The summed E-state index contributed by atoms with van der Waals surface area (Å²) in [6.45, 7) is 5.37. The first kappa shape index (κ1) is 32.6. The van der Waals surface area contributed by atoms with Crippen LogP contribution < -0.4 is 10.1 Å². The number of ether oxygens (including phenoxy) is 1. The molecule has 1 N–H and O–H groups in total. The Morgan fingerprint density at radius 3 is 2.41 bits per heavy atom. The number of carbonyl (C=O) groups excluding carboxylic acids is 2. The lowest BCUT2D eigenvalue weighted by Gasteiger charge is -2.32. The van der Waals surface area contributed by atoms with Crippen LogP contribution in [0.2, 0.25) is 0 Å². The molecule has 242 valence electrons. The van der Waals surface area contributed by atoms with E-state index < -0.39 is 31.0 Å². The number of benzene rings is 3. The quantitative estimate of drug-likeness (QED) is 0.143. The Kier molecular flexibility index (Phi) is 9.45. The van der Waals surface area contributed by atoms with Gasteiger partial charge >= 0.3 is 6.18 Å². The van der Waals surface area contributed by atoms with Crippen LogP contribution in [-0.4, -0.2) is 52.3 Å². The normalized spacial score (nSPS) is 14.3. The van der Waals surface area contributed by atoms with Crippen LogP contribution in [0.1, 0.15) is 51.1 Å². The van der Waals surface area contributed by atoms with Gasteiger partial charge < -0.3 is 15.0 Å². The zero-order valence-corrected chi connectivity index (χ0v) is 25.1. The van der Waals surface area contributed by atoms with Gasteiger partial charge in [-0.25, -0.2) is 8.78 Å². The highest BCUT2D eigenvalue weighted by Crippen LogP contribution is 2.35. The van der Waals surface area contributed by atoms with Crippen LogP contribution >= 0.6 is 0 Å². The predicted molar refractivity (Wildman–Crippen MR) is 163 cm³/mol. The first-order valence-electron chi connectivity index (χ1n) is 14.8.